The second-order valence-corrected chi connectivity index (χ2v) is 7.72. The molecule has 110 valence electrons. The zero-order chi connectivity index (χ0) is 14.6. The van der Waals surface area contributed by atoms with Crippen molar-refractivity contribution in [1.82, 2.24) is 5.32 Å². The summed E-state index contributed by atoms with van der Waals surface area (Å²) in [6, 6.07) is 7.08. The van der Waals surface area contributed by atoms with Crippen LogP contribution in [-0.2, 0) is 15.6 Å². The van der Waals surface area contributed by atoms with E-state index in [4.69, 9.17) is 0 Å². The van der Waals surface area contributed by atoms with Gasteiger partial charge in [-0.05, 0) is 30.5 Å². The summed E-state index contributed by atoms with van der Waals surface area (Å²) in [6.07, 6.45) is 6.93. The molecule has 0 aromatic heterocycles. The second kappa shape index (κ2) is 6.39. The molecule has 2 rings (SSSR count). The van der Waals surface area contributed by atoms with Crippen LogP contribution in [0.5, 0.6) is 0 Å². The SMILES string of the molecule is CS(=O)(=O)Cc1ccc(C(=O)NC2CCCCC2)cc1. The number of hydrogen-bond acceptors (Lipinski definition) is 3. The molecular weight excluding hydrogens is 274 g/mol. The smallest absolute Gasteiger partial charge is 0.251 e. The second-order valence-electron chi connectivity index (χ2n) is 5.58. The number of rotatable bonds is 4. The van der Waals surface area contributed by atoms with Gasteiger partial charge in [0.2, 0.25) is 0 Å². The molecule has 5 heteroatoms. The third-order valence-corrected chi connectivity index (χ3v) is 4.44. The molecule has 1 saturated carbocycles. The first kappa shape index (κ1) is 15.0. The van der Waals surface area contributed by atoms with E-state index in [0.29, 0.717) is 11.1 Å². The van der Waals surface area contributed by atoms with E-state index in [1.54, 1.807) is 24.3 Å². The molecule has 0 atom stereocenters. The van der Waals surface area contributed by atoms with Crippen LogP contribution >= 0.6 is 0 Å². The van der Waals surface area contributed by atoms with Crippen molar-refractivity contribution >= 4 is 15.7 Å². The fraction of sp³-hybridized carbons (Fsp3) is 0.533. The minimum Gasteiger partial charge on any atom is -0.349 e. The largest absolute Gasteiger partial charge is 0.349 e. The summed E-state index contributed by atoms with van der Waals surface area (Å²) in [6.45, 7) is 0. The lowest BCUT2D eigenvalue weighted by molar-refractivity contribution is 0.0927. The first-order valence-corrected chi connectivity index (χ1v) is 9.07. The Morgan fingerprint density at radius 1 is 1.15 bits per heavy atom. The normalized spacial score (nSPS) is 16.9. The molecule has 1 aromatic carbocycles. The van der Waals surface area contributed by atoms with Gasteiger partial charge >= 0.3 is 0 Å². The van der Waals surface area contributed by atoms with Gasteiger partial charge in [0.05, 0.1) is 5.75 Å². The van der Waals surface area contributed by atoms with Crippen molar-refractivity contribution in [3.63, 3.8) is 0 Å². The van der Waals surface area contributed by atoms with E-state index >= 15 is 0 Å². The maximum absolute atomic E-state index is 12.1. The molecule has 1 N–H and O–H groups in total. The molecule has 1 aliphatic rings. The fourth-order valence-corrected chi connectivity index (χ4v) is 3.37. The first-order valence-electron chi connectivity index (χ1n) is 7.01. The number of carbonyl (C=O) groups excluding carboxylic acids is 1. The van der Waals surface area contributed by atoms with Gasteiger partial charge in [-0.3, -0.25) is 4.79 Å². The van der Waals surface area contributed by atoms with Gasteiger partial charge in [0.25, 0.3) is 5.91 Å². The van der Waals surface area contributed by atoms with Crippen LogP contribution in [0.4, 0.5) is 0 Å². The van der Waals surface area contributed by atoms with E-state index in [1.165, 1.54) is 25.5 Å². The minimum atomic E-state index is -3.03. The molecule has 0 bridgehead atoms. The lowest BCUT2D eigenvalue weighted by Gasteiger charge is -2.22. The number of benzene rings is 1. The summed E-state index contributed by atoms with van der Waals surface area (Å²) in [4.78, 5) is 12.1. The number of carbonyl (C=O) groups is 1. The van der Waals surface area contributed by atoms with Gasteiger partial charge in [-0.2, -0.15) is 0 Å². The topological polar surface area (TPSA) is 63.2 Å². The average Bonchev–Trinajstić information content (AvgIpc) is 2.39. The Morgan fingerprint density at radius 2 is 1.75 bits per heavy atom. The monoisotopic (exact) mass is 295 g/mol. The fourth-order valence-electron chi connectivity index (χ4n) is 2.57. The lowest BCUT2D eigenvalue weighted by Crippen LogP contribution is -2.36. The van der Waals surface area contributed by atoms with E-state index in [9.17, 15) is 13.2 Å². The first-order chi connectivity index (χ1) is 9.44. The van der Waals surface area contributed by atoms with Crippen molar-refractivity contribution in [2.75, 3.05) is 6.26 Å². The van der Waals surface area contributed by atoms with Crippen LogP contribution in [0.25, 0.3) is 0 Å². The Labute approximate surface area is 120 Å². The van der Waals surface area contributed by atoms with Gasteiger partial charge in [-0.25, -0.2) is 8.42 Å². The molecule has 0 saturated heterocycles. The summed E-state index contributed by atoms with van der Waals surface area (Å²) >= 11 is 0. The van der Waals surface area contributed by atoms with Crippen LogP contribution in [-0.4, -0.2) is 26.6 Å². The van der Waals surface area contributed by atoms with Crippen molar-refractivity contribution in [2.24, 2.45) is 0 Å². The predicted molar refractivity (Wildman–Crippen MR) is 79.3 cm³/mol. The van der Waals surface area contributed by atoms with Crippen molar-refractivity contribution in [1.29, 1.82) is 0 Å². The highest BCUT2D eigenvalue weighted by molar-refractivity contribution is 7.89. The van der Waals surface area contributed by atoms with Gasteiger partial charge < -0.3 is 5.32 Å². The Balaban J connectivity index is 1.96. The molecule has 1 amide bonds. The molecule has 1 aliphatic carbocycles. The third kappa shape index (κ3) is 4.63. The van der Waals surface area contributed by atoms with Crippen molar-refractivity contribution < 1.29 is 13.2 Å². The Hall–Kier alpha value is -1.36. The number of nitrogens with one attached hydrogen (secondary N) is 1. The van der Waals surface area contributed by atoms with Crippen LogP contribution in [0.3, 0.4) is 0 Å². The summed E-state index contributed by atoms with van der Waals surface area (Å²) in [5, 5.41) is 3.05. The van der Waals surface area contributed by atoms with E-state index in [0.717, 1.165) is 12.8 Å². The minimum absolute atomic E-state index is 0.0114. The summed E-state index contributed by atoms with van der Waals surface area (Å²) in [5.74, 6) is -0.0554. The molecular formula is C15H21NO3S. The zero-order valence-electron chi connectivity index (χ0n) is 11.8. The number of sulfone groups is 1. The van der Waals surface area contributed by atoms with Crippen LogP contribution < -0.4 is 5.32 Å². The van der Waals surface area contributed by atoms with Crippen molar-refractivity contribution in [2.45, 2.75) is 43.9 Å². The standard InChI is InChI=1S/C15H21NO3S/c1-20(18,19)11-12-7-9-13(10-8-12)15(17)16-14-5-3-2-4-6-14/h7-10,14H,2-6,11H2,1H3,(H,16,17). The average molecular weight is 295 g/mol. The Bertz CT molecular complexity index is 557. The van der Waals surface area contributed by atoms with Gasteiger partial charge in [0.15, 0.2) is 9.84 Å². The predicted octanol–water partition coefficient (Wildman–Crippen LogP) is 2.29. The van der Waals surface area contributed by atoms with E-state index in [-0.39, 0.29) is 17.7 Å². The van der Waals surface area contributed by atoms with Crippen molar-refractivity contribution in [3.05, 3.63) is 35.4 Å². The molecule has 1 fully saturated rings. The van der Waals surface area contributed by atoms with Gasteiger partial charge in [0.1, 0.15) is 0 Å². The summed E-state index contributed by atoms with van der Waals surface area (Å²) < 4.78 is 22.4. The quantitative estimate of drug-likeness (QED) is 0.927. The van der Waals surface area contributed by atoms with E-state index in [2.05, 4.69) is 5.32 Å². The zero-order valence-corrected chi connectivity index (χ0v) is 12.6. The molecule has 0 radical (unpaired) electrons. The molecule has 1 aromatic rings. The Morgan fingerprint density at radius 3 is 2.30 bits per heavy atom. The molecule has 0 aliphatic heterocycles. The highest BCUT2D eigenvalue weighted by Gasteiger charge is 2.16. The summed E-state index contributed by atoms with van der Waals surface area (Å²) in [5.41, 5.74) is 1.30. The van der Waals surface area contributed by atoms with Gasteiger partial charge in [-0.1, -0.05) is 31.4 Å². The molecule has 0 spiro atoms. The van der Waals surface area contributed by atoms with Crippen LogP contribution in [0.1, 0.15) is 48.0 Å². The maximum atomic E-state index is 12.1. The van der Waals surface area contributed by atoms with Gasteiger partial charge in [-0.15, -0.1) is 0 Å². The van der Waals surface area contributed by atoms with Crippen LogP contribution in [0.2, 0.25) is 0 Å². The highest BCUT2D eigenvalue weighted by atomic mass is 32.2. The Kier molecular flexibility index (Phi) is 4.81. The molecule has 20 heavy (non-hydrogen) atoms. The van der Waals surface area contributed by atoms with Crippen molar-refractivity contribution in [3.8, 4) is 0 Å². The lowest BCUT2D eigenvalue weighted by atomic mass is 9.95. The van der Waals surface area contributed by atoms with E-state index < -0.39 is 9.84 Å². The summed E-state index contributed by atoms with van der Waals surface area (Å²) in [7, 11) is -3.03. The van der Waals surface area contributed by atoms with Gasteiger partial charge in [0, 0.05) is 17.9 Å². The number of amides is 1. The number of hydrogen-bond donors (Lipinski definition) is 1. The molecule has 4 nitrogen and oxygen atoms in total. The van der Waals surface area contributed by atoms with E-state index in [1.807, 2.05) is 0 Å². The highest BCUT2D eigenvalue weighted by Crippen LogP contribution is 2.18. The third-order valence-electron chi connectivity index (χ3n) is 3.59. The maximum Gasteiger partial charge on any atom is 0.251 e. The molecule has 0 unspecified atom stereocenters. The molecule has 0 heterocycles. The van der Waals surface area contributed by atoms with Crippen LogP contribution in [0, 0.1) is 0 Å². The van der Waals surface area contributed by atoms with Crippen LogP contribution in [0.15, 0.2) is 24.3 Å².